The molecule has 0 unspecified atom stereocenters. The van der Waals surface area contributed by atoms with Crippen molar-refractivity contribution in [3.8, 4) is 0 Å². The van der Waals surface area contributed by atoms with Gasteiger partial charge in [0, 0.05) is 19.6 Å². The lowest BCUT2D eigenvalue weighted by molar-refractivity contribution is -0.163. The Balaban J connectivity index is 1.94. The van der Waals surface area contributed by atoms with E-state index in [1.54, 1.807) is 4.90 Å². The molecule has 0 spiro atoms. The summed E-state index contributed by atoms with van der Waals surface area (Å²) in [6.45, 7) is 1.98. The molecule has 0 bridgehead atoms. The SMILES string of the molecule is C[C@@H]1CCCN(C(=O)[C@@H]2CCCN2C(=O)OCC(F)(F)F)C1. The second-order valence-electron chi connectivity index (χ2n) is 6.05. The molecule has 0 N–H and O–H groups in total. The molecule has 0 aromatic rings. The number of likely N-dealkylation sites (tertiary alicyclic amines) is 2. The minimum atomic E-state index is -4.56. The maximum atomic E-state index is 12.5. The van der Waals surface area contributed by atoms with Crippen LogP contribution in [0.4, 0.5) is 18.0 Å². The Morgan fingerprint density at radius 3 is 2.50 bits per heavy atom. The van der Waals surface area contributed by atoms with Gasteiger partial charge in [0.15, 0.2) is 6.61 Å². The van der Waals surface area contributed by atoms with Crippen molar-refractivity contribution in [3.63, 3.8) is 0 Å². The first-order valence-corrected chi connectivity index (χ1v) is 7.57. The molecule has 2 amide bonds. The van der Waals surface area contributed by atoms with Crippen molar-refractivity contribution >= 4 is 12.0 Å². The highest BCUT2D eigenvalue weighted by molar-refractivity contribution is 5.86. The summed E-state index contributed by atoms with van der Waals surface area (Å²) < 4.78 is 40.6. The number of hydrogen-bond donors (Lipinski definition) is 0. The molecule has 2 aliphatic rings. The number of alkyl halides is 3. The third-order valence-corrected chi connectivity index (χ3v) is 4.10. The Hall–Kier alpha value is -1.47. The lowest BCUT2D eigenvalue weighted by Gasteiger charge is -2.34. The van der Waals surface area contributed by atoms with Crippen molar-refractivity contribution in [3.05, 3.63) is 0 Å². The molecular weight excluding hydrogens is 301 g/mol. The van der Waals surface area contributed by atoms with Gasteiger partial charge in [0.05, 0.1) is 0 Å². The number of carbonyl (C=O) groups is 2. The highest BCUT2D eigenvalue weighted by Crippen LogP contribution is 2.24. The molecule has 5 nitrogen and oxygen atoms in total. The van der Waals surface area contributed by atoms with Crippen LogP contribution in [0.1, 0.15) is 32.6 Å². The highest BCUT2D eigenvalue weighted by Gasteiger charge is 2.39. The van der Waals surface area contributed by atoms with Gasteiger partial charge in [0.1, 0.15) is 6.04 Å². The smallest absolute Gasteiger partial charge is 0.422 e. The van der Waals surface area contributed by atoms with E-state index in [9.17, 15) is 22.8 Å². The molecule has 0 aliphatic carbocycles. The van der Waals surface area contributed by atoms with E-state index in [1.165, 1.54) is 0 Å². The van der Waals surface area contributed by atoms with E-state index in [1.807, 2.05) is 0 Å². The average molecular weight is 322 g/mol. The third-order valence-electron chi connectivity index (χ3n) is 4.10. The normalized spacial score (nSPS) is 26.2. The van der Waals surface area contributed by atoms with Gasteiger partial charge < -0.3 is 9.64 Å². The number of ether oxygens (including phenoxy) is 1. The van der Waals surface area contributed by atoms with Gasteiger partial charge in [-0.05, 0) is 31.6 Å². The summed E-state index contributed by atoms with van der Waals surface area (Å²) in [7, 11) is 0. The summed E-state index contributed by atoms with van der Waals surface area (Å²) in [5.41, 5.74) is 0. The van der Waals surface area contributed by atoms with Gasteiger partial charge in [0.2, 0.25) is 5.91 Å². The fourth-order valence-corrected chi connectivity index (χ4v) is 3.07. The summed E-state index contributed by atoms with van der Waals surface area (Å²) in [4.78, 5) is 27.2. The summed E-state index contributed by atoms with van der Waals surface area (Å²) in [6, 6.07) is -0.689. The number of halogens is 3. The summed E-state index contributed by atoms with van der Waals surface area (Å²) in [5, 5.41) is 0. The van der Waals surface area contributed by atoms with Crippen LogP contribution in [0.3, 0.4) is 0 Å². The van der Waals surface area contributed by atoms with Crippen LogP contribution in [0, 0.1) is 5.92 Å². The van der Waals surface area contributed by atoms with Gasteiger partial charge in [-0.2, -0.15) is 13.2 Å². The monoisotopic (exact) mass is 322 g/mol. The van der Waals surface area contributed by atoms with Crippen molar-refractivity contribution in [2.75, 3.05) is 26.2 Å². The van der Waals surface area contributed by atoms with Gasteiger partial charge in [0.25, 0.3) is 0 Å². The van der Waals surface area contributed by atoms with Crippen LogP contribution in [0.25, 0.3) is 0 Å². The van der Waals surface area contributed by atoms with E-state index < -0.39 is 24.9 Å². The molecule has 2 aliphatic heterocycles. The molecule has 0 aromatic carbocycles. The van der Waals surface area contributed by atoms with Crippen LogP contribution >= 0.6 is 0 Å². The molecule has 2 rings (SSSR count). The first kappa shape index (κ1) is 16.9. The van der Waals surface area contributed by atoms with Crippen molar-refractivity contribution in [1.82, 2.24) is 9.80 Å². The van der Waals surface area contributed by atoms with E-state index in [0.717, 1.165) is 17.7 Å². The molecular formula is C14H21F3N2O3. The molecule has 0 radical (unpaired) electrons. The number of carbonyl (C=O) groups excluding carboxylic acids is 2. The Bertz CT molecular complexity index is 428. The molecule has 0 saturated carbocycles. The zero-order valence-corrected chi connectivity index (χ0v) is 12.6. The van der Waals surface area contributed by atoms with Crippen molar-refractivity contribution in [1.29, 1.82) is 0 Å². The van der Waals surface area contributed by atoms with Crippen LogP contribution in [-0.4, -0.2) is 60.3 Å². The van der Waals surface area contributed by atoms with Crippen LogP contribution in [0.2, 0.25) is 0 Å². The Morgan fingerprint density at radius 2 is 1.86 bits per heavy atom. The van der Waals surface area contributed by atoms with Crippen LogP contribution in [0.5, 0.6) is 0 Å². The molecule has 0 aromatic heterocycles. The standard InChI is InChI=1S/C14H21F3N2O3/c1-10-4-2-6-18(8-10)12(20)11-5-3-7-19(11)13(21)22-9-14(15,16)17/h10-11H,2-9H2,1H3/t10-,11+/m1/s1. The predicted molar refractivity (Wildman–Crippen MR) is 72.1 cm³/mol. The topological polar surface area (TPSA) is 49.9 Å². The van der Waals surface area contributed by atoms with Crippen LogP contribution in [-0.2, 0) is 9.53 Å². The minimum absolute atomic E-state index is 0.173. The Morgan fingerprint density at radius 1 is 1.18 bits per heavy atom. The zero-order chi connectivity index (χ0) is 16.3. The number of amides is 2. The highest BCUT2D eigenvalue weighted by atomic mass is 19.4. The van der Waals surface area contributed by atoms with E-state index in [0.29, 0.717) is 31.8 Å². The number of rotatable bonds is 2. The number of piperidine rings is 1. The van der Waals surface area contributed by atoms with Crippen molar-refractivity contribution in [2.24, 2.45) is 5.92 Å². The molecule has 22 heavy (non-hydrogen) atoms. The van der Waals surface area contributed by atoms with E-state index in [-0.39, 0.29) is 12.5 Å². The fraction of sp³-hybridized carbons (Fsp3) is 0.857. The second-order valence-corrected chi connectivity index (χ2v) is 6.05. The maximum absolute atomic E-state index is 12.5. The minimum Gasteiger partial charge on any atom is -0.440 e. The lowest BCUT2D eigenvalue weighted by atomic mass is 9.99. The predicted octanol–water partition coefficient (Wildman–Crippen LogP) is 2.41. The summed E-state index contributed by atoms with van der Waals surface area (Å²) in [5.74, 6) is 0.234. The quantitative estimate of drug-likeness (QED) is 0.784. The summed E-state index contributed by atoms with van der Waals surface area (Å²) in [6.07, 6.45) is -2.56. The molecule has 2 atom stereocenters. The van der Waals surface area contributed by atoms with Gasteiger partial charge in [-0.1, -0.05) is 6.92 Å². The van der Waals surface area contributed by atoms with Gasteiger partial charge in [-0.25, -0.2) is 4.79 Å². The molecule has 126 valence electrons. The molecule has 8 heteroatoms. The number of nitrogens with zero attached hydrogens (tertiary/aromatic N) is 2. The first-order chi connectivity index (χ1) is 10.3. The van der Waals surface area contributed by atoms with Crippen molar-refractivity contribution < 1.29 is 27.5 Å². The van der Waals surface area contributed by atoms with Gasteiger partial charge in [-0.3, -0.25) is 9.69 Å². The average Bonchev–Trinajstić information content (AvgIpc) is 2.92. The zero-order valence-electron chi connectivity index (χ0n) is 12.6. The largest absolute Gasteiger partial charge is 0.440 e. The van der Waals surface area contributed by atoms with Crippen molar-refractivity contribution in [2.45, 2.75) is 44.8 Å². The Labute approximate surface area is 127 Å². The van der Waals surface area contributed by atoms with E-state index in [4.69, 9.17) is 0 Å². The van der Waals surface area contributed by atoms with E-state index >= 15 is 0 Å². The number of hydrogen-bond acceptors (Lipinski definition) is 3. The second kappa shape index (κ2) is 6.75. The van der Waals surface area contributed by atoms with E-state index in [2.05, 4.69) is 11.7 Å². The Kier molecular flexibility index (Phi) is 5.18. The third kappa shape index (κ3) is 4.27. The molecule has 2 saturated heterocycles. The molecule has 2 heterocycles. The maximum Gasteiger partial charge on any atom is 0.422 e. The molecule has 2 fully saturated rings. The lowest BCUT2D eigenvalue weighted by Crippen LogP contribution is -2.50. The fourth-order valence-electron chi connectivity index (χ4n) is 3.07. The van der Waals surface area contributed by atoms with Crippen LogP contribution < -0.4 is 0 Å². The van der Waals surface area contributed by atoms with Crippen LogP contribution in [0.15, 0.2) is 0 Å². The summed E-state index contributed by atoms with van der Waals surface area (Å²) >= 11 is 0. The van der Waals surface area contributed by atoms with Gasteiger partial charge in [-0.15, -0.1) is 0 Å². The van der Waals surface area contributed by atoms with Gasteiger partial charge >= 0.3 is 12.3 Å². The first-order valence-electron chi connectivity index (χ1n) is 7.57.